The summed E-state index contributed by atoms with van der Waals surface area (Å²) in [7, 11) is 0. The molecule has 0 bridgehead atoms. The zero-order valence-corrected chi connectivity index (χ0v) is 13.7. The number of rotatable bonds is 4. The molecule has 1 saturated heterocycles. The molecule has 2 aromatic rings. The number of carbonyl (C=O) groups excluding carboxylic acids is 1. The molecule has 0 atom stereocenters. The van der Waals surface area contributed by atoms with Gasteiger partial charge in [0.15, 0.2) is 0 Å². The van der Waals surface area contributed by atoms with Crippen molar-refractivity contribution in [3.8, 4) is 0 Å². The second-order valence-corrected chi connectivity index (χ2v) is 6.13. The van der Waals surface area contributed by atoms with Crippen LogP contribution in [0.2, 0.25) is 0 Å². The fourth-order valence-corrected chi connectivity index (χ4v) is 3.00. The maximum absolute atomic E-state index is 13.6. The summed E-state index contributed by atoms with van der Waals surface area (Å²) in [5.74, 6) is -0.405. The van der Waals surface area contributed by atoms with Crippen molar-refractivity contribution in [1.29, 1.82) is 0 Å². The molecule has 2 N–H and O–H groups in total. The van der Waals surface area contributed by atoms with Gasteiger partial charge in [0.05, 0.1) is 38.4 Å². The molecule has 0 saturated carbocycles. The lowest BCUT2D eigenvalue weighted by atomic mass is 10.1. The van der Waals surface area contributed by atoms with E-state index in [9.17, 15) is 9.18 Å². The summed E-state index contributed by atoms with van der Waals surface area (Å²) in [5, 5.41) is 2.66. The molecule has 1 aliphatic heterocycles. The molecule has 1 aliphatic rings. The quantitative estimate of drug-likeness (QED) is 0.882. The van der Waals surface area contributed by atoms with Gasteiger partial charge in [0.25, 0.3) is 0 Å². The Morgan fingerprint density at radius 1 is 1.04 bits per heavy atom. The summed E-state index contributed by atoms with van der Waals surface area (Å²) >= 11 is 0. The minimum Gasteiger partial charge on any atom is -0.332 e. The van der Waals surface area contributed by atoms with E-state index in [0.29, 0.717) is 13.1 Å². The van der Waals surface area contributed by atoms with Crippen LogP contribution in [0.3, 0.4) is 0 Å². The van der Waals surface area contributed by atoms with Crippen LogP contribution in [0.5, 0.6) is 0 Å². The van der Waals surface area contributed by atoms with Gasteiger partial charge in [0.1, 0.15) is 5.82 Å². The van der Waals surface area contributed by atoms with Crippen molar-refractivity contribution in [3.05, 3.63) is 66.0 Å². The van der Waals surface area contributed by atoms with Crippen molar-refractivity contribution < 1.29 is 14.1 Å². The molecule has 1 fully saturated rings. The summed E-state index contributed by atoms with van der Waals surface area (Å²) in [6.45, 7) is 4.33. The zero-order chi connectivity index (χ0) is 16.8. The van der Waals surface area contributed by atoms with E-state index >= 15 is 0 Å². The molecule has 5 heteroatoms. The van der Waals surface area contributed by atoms with Gasteiger partial charge in [-0.2, -0.15) is 0 Å². The van der Waals surface area contributed by atoms with Crippen LogP contribution in [-0.4, -0.2) is 43.7 Å². The van der Waals surface area contributed by atoms with Crippen molar-refractivity contribution in [2.24, 2.45) is 0 Å². The van der Waals surface area contributed by atoms with Gasteiger partial charge in [0.2, 0.25) is 0 Å². The first-order valence-corrected chi connectivity index (χ1v) is 8.40. The van der Waals surface area contributed by atoms with Crippen molar-refractivity contribution in [2.45, 2.75) is 6.42 Å². The van der Waals surface area contributed by atoms with Crippen LogP contribution in [0.1, 0.15) is 5.56 Å². The SMILES string of the molecule is O=C(Nc1ccccc1F)N1CC[NH+](CCc2ccccc2)CC1. The first-order valence-electron chi connectivity index (χ1n) is 8.40. The number of para-hydroxylation sites is 1. The number of quaternary nitrogens is 1. The van der Waals surface area contributed by atoms with Gasteiger partial charge in [-0.05, 0) is 17.7 Å². The van der Waals surface area contributed by atoms with Crippen molar-refractivity contribution in [1.82, 2.24) is 4.90 Å². The smallest absolute Gasteiger partial charge is 0.322 e. The van der Waals surface area contributed by atoms with Gasteiger partial charge in [-0.3, -0.25) is 0 Å². The highest BCUT2D eigenvalue weighted by Crippen LogP contribution is 2.13. The Hall–Kier alpha value is -2.40. The van der Waals surface area contributed by atoms with E-state index < -0.39 is 5.82 Å². The first-order chi connectivity index (χ1) is 11.7. The highest BCUT2D eigenvalue weighted by atomic mass is 19.1. The number of urea groups is 1. The highest BCUT2D eigenvalue weighted by Gasteiger charge is 2.23. The van der Waals surface area contributed by atoms with E-state index in [1.807, 2.05) is 6.07 Å². The standard InChI is InChI=1S/C19H22FN3O/c20-17-8-4-5-9-18(17)21-19(24)23-14-12-22(13-15-23)11-10-16-6-2-1-3-7-16/h1-9H,10-15H2,(H,21,24)/p+1. The second kappa shape index (κ2) is 7.93. The maximum atomic E-state index is 13.6. The van der Waals surface area contributed by atoms with Gasteiger partial charge in [-0.25, -0.2) is 9.18 Å². The average Bonchev–Trinajstić information content (AvgIpc) is 2.63. The highest BCUT2D eigenvalue weighted by molar-refractivity contribution is 5.89. The normalized spacial score (nSPS) is 15.3. The number of hydrogen-bond donors (Lipinski definition) is 2. The third-order valence-electron chi connectivity index (χ3n) is 4.48. The molecule has 0 unspecified atom stereocenters. The van der Waals surface area contributed by atoms with Gasteiger partial charge < -0.3 is 15.1 Å². The topological polar surface area (TPSA) is 36.8 Å². The molecule has 0 spiro atoms. The van der Waals surface area contributed by atoms with Crippen LogP contribution in [0.15, 0.2) is 54.6 Å². The number of carbonyl (C=O) groups is 1. The van der Waals surface area contributed by atoms with E-state index in [4.69, 9.17) is 0 Å². The van der Waals surface area contributed by atoms with Gasteiger partial charge >= 0.3 is 6.03 Å². The van der Waals surface area contributed by atoms with E-state index in [0.717, 1.165) is 26.1 Å². The Kier molecular flexibility index (Phi) is 5.43. The molecule has 3 rings (SSSR count). The van der Waals surface area contributed by atoms with E-state index in [2.05, 4.69) is 29.6 Å². The Labute approximate surface area is 141 Å². The average molecular weight is 328 g/mol. The number of anilines is 1. The van der Waals surface area contributed by atoms with Crippen LogP contribution < -0.4 is 10.2 Å². The molecule has 1 heterocycles. The fourth-order valence-electron chi connectivity index (χ4n) is 3.00. The number of nitrogens with one attached hydrogen (secondary N) is 2. The molecule has 126 valence electrons. The molecular weight excluding hydrogens is 305 g/mol. The number of halogens is 1. The van der Waals surface area contributed by atoms with Gasteiger partial charge in [-0.1, -0.05) is 42.5 Å². The third kappa shape index (κ3) is 4.32. The lowest BCUT2D eigenvalue weighted by Gasteiger charge is -2.32. The van der Waals surface area contributed by atoms with Crippen LogP contribution in [0.4, 0.5) is 14.9 Å². The van der Waals surface area contributed by atoms with Crippen LogP contribution >= 0.6 is 0 Å². The largest absolute Gasteiger partial charge is 0.332 e. The Balaban J connectivity index is 1.44. The second-order valence-electron chi connectivity index (χ2n) is 6.13. The molecule has 0 radical (unpaired) electrons. The monoisotopic (exact) mass is 328 g/mol. The molecule has 4 nitrogen and oxygen atoms in total. The molecule has 0 aliphatic carbocycles. The number of hydrogen-bond acceptors (Lipinski definition) is 1. The van der Waals surface area contributed by atoms with Crippen molar-refractivity contribution >= 4 is 11.7 Å². The first kappa shape index (κ1) is 16.5. The number of piperazine rings is 1. The zero-order valence-electron chi connectivity index (χ0n) is 13.7. The van der Waals surface area contributed by atoms with Gasteiger partial charge in [-0.15, -0.1) is 0 Å². The number of benzene rings is 2. The minimum absolute atomic E-state index is 0.220. The maximum Gasteiger partial charge on any atom is 0.322 e. The molecule has 0 aromatic heterocycles. The van der Waals surface area contributed by atoms with Crippen LogP contribution in [0, 0.1) is 5.82 Å². The molecule has 24 heavy (non-hydrogen) atoms. The summed E-state index contributed by atoms with van der Waals surface area (Å²) in [6, 6.07) is 16.5. The summed E-state index contributed by atoms with van der Waals surface area (Å²) in [4.78, 5) is 15.5. The van der Waals surface area contributed by atoms with Crippen LogP contribution in [-0.2, 0) is 6.42 Å². The predicted octanol–water partition coefficient (Wildman–Crippen LogP) is 1.80. The minimum atomic E-state index is -0.405. The fraction of sp³-hybridized carbons (Fsp3) is 0.316. The Bertz CT molecular complexity index is 669. The Morgan fingerprint density at radius 2 is 1.71 bits per heavy atom. The number of amides is 2. The third-order valence-corrected chi connectivity index (χ3v) is 4.48. The molecule has 2 aromatic carbocycles. The van der Waals surface area contributed by atoms with Crippen LogP contribution in [0.25, 0.3) is 0 Å². The van der Waals surface area contributed by atoms with Crippen molar-refractivity contribution in [2.75, 3.05) is 38.0 Å². The predicted molar refractivity (Wildman–Crippen MR) is 92.7 cm³/mol. The van der Waals surface area contributed by atoms with E-state index in [-0.39, 0.29) is 11.7 Å². The molecule has 2 amide bonds. The summed E-state index contributed by atoms with van der Waals surface area (Å²) < 4.78 is 13.6. The van der Waals surface area contributed by atoms with Gasteiger partial charge in [0, 0.05) is 6.42 Å². The Morgan fingerprint density at radius 3 is 2.42 bits per heavy atom. The lowest BCUT2D eigenvalue weighted by molar-refractivity contribution is -0.903. The lowest BCUT2D eigenvalue weighted by Crippen LogP contribution is -3.15. The van der Waals surface area contributed by atoms with E-state index in [1.165, 1.54) is 16.5 Å². The number of nitrogens with zero attached hydrogens (tertiary/aromatic N) is 1. The summed E-state index contributed by atoms with van der Waals surface area (Å²) in [6.07, 6.45) is 1.05. The van der Waals surface area contributed by atoms with Crippen molar-refractivity contribution in [3.63, 3.8) is 0 Å². The molecular formula is C19H23FN3O+. The van der Waals surface area contributed by atoms with E-state index in [1.54, 1.807) is 23.1 Å². The summed E-state index contributed by atoms with van der Waals surface area (Å²) in [5.41, 5.74) is 1.59.